The van der Waals surface area contributed by atoms with Crippen LogP contribution < -0.4 is 10.1 Å². The molecule has 0 radical (unpaired) electrons. The normalized spacial score (nSPS) is 18.8. The van der Waals surface area contributed by atoms with E-state index in [-0.39, 0.29) is 5.56 Å². The molecule has 0 spiro atoms. The van der Waals surface area contributed by atoms with Crippen LogP contribution in [0.2, 0.25) is 0 Å². The lowest BCUT2D eigenvalue weighted by Crippen LogP contribution is -2.25. The second-order valence-corrected chi connectivity index (χ2v) is 6.90. The minimum atomic E-state index is -0.0589. The largest absolute Gasteiger partial charge is 0.290 e. The van der Waals surface area contributed by atoms with E-state index in [1.54, 1.807) is 0 Å². The van der Waals surface area contributed by atoms with Crippen molar-refractivity contribution in [3.05, 3.63) is 68.8 Å². The molecule has 24 heavy (non-hydrogen) atoms. The van der Waals surface area contributed by atoms with Gasteiger partial charge in [0.2, 0.25) is 4.96 Å². The summed E-state index contributed by atoms with van der Waals surface area (Å²) in [5, 5.41) is 4.32. The predicted molar refractivity (Wildman–Crippen MR) is 98.7 cm³/mol. The highest BCUT2D eigenvalue weighted by molar-refractivity contribution is 7.15. The minimum Gasteiger partial charge on any atom is -0.266 e. The summed E-state index contributed by atoms with van der Waals surface area (Å²) in [5.41, 5.74) is 1.02. The van der Waals surface area contributed by atoms with Crippen LogP contribution in [-0.4, -0.2) is 14.6 Å². The van der Waals surface area contributed by atoms with Crippen molar-refractivity contribution in [2.24, 2.45) is 5.92 Å². The summed E-state index contributed by atoms with van der Waals surface area (Å²) in [4.78, 5) is 17.6. The first-order valence-corrected chi connectivity index (χ1v) is 8.91. The average molecular weight is 335 g/mol. The lowest BCUT2D eigenvalue weighted by Gasteiger charge is -2.11. The van der Waals surface area contributed by atoms with Gasteiger partial charge >= 0.3 is 0 Å². The molecule has 5 heteroatoms. The zero-order valence-corrected chi connectivity index (χ0v) is 13.9. The van der Waals surface area contributed by atoms with Gasteiger partial charge < -0.3 is 0 Å². The molecule has 0 bridgehead atoms. The van der Waals surface area contributed by atoms with Crippen LogP contribution in [0.3, 0.4) is 0 Å². The van der Waals surface area contributed by atoms with Gasteiger partial charge in [0.1, 0.15) is 0 Å². The van der Waals surface area contributed by atoms with Crippen LogP contribution in [0.4, 0.5) is 0 Å². The Bertz CT molecular complexity index is 1010. The quantitative estimate of drug-likeness (QED) is 0.691. The number of allylic oxidation sites excluding steroid dienone is 2. The first kappa shape index (κ1) is 15.0. The second kappa shape index (κ2) is 6.53. The molecule has 1 aromatic carbocycles. The molecule has 1 aliphatic carbocycles. The van der Waals surface area contributed by atoms with Crippen LogP contribution in [0.25, 0.3) is 23.2 Å². The molecular formula is C19H17N3OS. The molecule has 2 heterocycles. The van der Waals surface area contributed by atoms with Crippen LogP contribution >= 0.6 is 11.3 Å². The Morgan fingerprint density at radius 3 is 2.79 bits per heavy atom. The van der Waals surface area contributed by atoms with Gasteiger partial charge in [0.05, 0.1) is 4.53 Å². The first-order chi connectivity index (χ1) is 11.8. The van der Waals surface area contributed by atoms with Gasteiger partial charge in [-0.25, -0.2) is 0 Å². The molecule has 0 saturated heterocycles. The molecule has 0 amide bonds. The average Bonchev–Trinajstić information content (AvgIpc) is 3.15. The number of thiazole rings is 1. The van der Waals surface area contributed by atoms with Crippen molar-refractivity contribution in [3.8, 4) is 0 Å². The van der Waals surface area contributed by atoms with E-state index >= 15 is 0 Å². The van der Waals surface area contributed by atoms with E-state index in [2.05, 4.69) is 28.3 Å². The summed E-state index contributed by atoms with van der Waals surface area (Å²) >= 11 is 1.42. The van der Waals surface area contributed by atoms with E-state index in [1.165, 1.54) is 15.9 Å². The summed E-state index contributed by atoms with van der Waals surface area (Å²) in [6, 6.07) is 9.97. The van der Waals surface area contributed by atoms with E-state index in [1.807, 2.05) is 42.5 Å². The van der Waals surface area contributed by atoms with Crippen LogP contribution in [0.5, 0.6) is 0 Å². The van der Waals surface area contributed by atoms with Crippen LogP contribution in [0, 0.1) is 5.92 Å². The van der Waals surface area contributed by atoms with Crippen molar-refractivity contribution in [1.29, 1.82) is 0 Å². The van der Waals surface area contributed by atoms with Crippen molar-refractivity contribution in [3.63, 3.8) is 0 Å². The van der Waals surface area contributed by atoms with Gasteiger partial charge in [-0.2, -0.15) is 9.50 Å². The van der Waals surface area contributed by atoms with E-state index in [0.717, 1.165) is 29.4 Å². The topological polar surface area (TPSA) is 47.3 Å². The molecule has 0 aliphatic heterocycles. The standard InChI is InChI=1S/C19H17N3OS/c23-18-16(13-15-9-5-2-6-10-15)24-19-20-17(21-22(18)19)12-11-14-7-3-1-4-8-14/h1-5,7-8,11-13,15H,6,9-10H2/b12-11+,16-13+. The molecule has 1 unspecified atom stereocenters. The van der Waals surface area contributed by atoms with Gasteiger partial charge in [0.25, 0.3) is 5.56 Å². The molecule has 3 aromatic rings. The third-order valence-electron chi connectivity index (χ3n) is 4.12. The minimum absolute atomic E-state index is 0.0589. The smallest absolute Gasteiger partial charge is 0.266 e. The second-order valence-electron chi connectivity index (χ2n) is 5.89. The number of rotatable bonds is 3. The third-order valence-corrected chi connectivity index (χ3v) is 5.10. The Hall–Kier alpha value is -2.53. The van der Waals surface area contributed by atoms with Crippen LogP contribution in [-0.2, 0) is 0 Å². The Balaban J connectivity index is 1.63. The van der Waals surface area contributed by atoms with Gasteiger partial charge in [-0.05, 0) is 36.8 Å². The first-order valence-electron chi connectivity index (χ1n) is 8.09. The fourth-order valence-corrected chi connectivity index (χ4v) is 3.83. The molecule has 1 aliphatic rings. The lowest BCUT2D eigenvalue weighted by molar-refractivity contribution is 0.612. The predicted octanol–water partition coefficient (Wildman–Crippen LogP) is 3.18. The fraction of sp³-hybridized carbons (Fsp3) is 0.211. The van der Waals surface area contributed by atoms with Crippen molar-refractivity contribution >= 4 is 34.5 Å². The number of fused-ring (bicyclic) bond motifs is 1. The molecule has 4 rings (SSSR count). The van der Waals surface area contributed by atoms with Crippen molar-refractivity contribution in [2.45, 2.75) is 19.3 Å². The Morgan fingerprint density at radius 1 is 1.17 bits per heavy atom. The number of hydrogen-bond acceptors (Lipinski definition) is 4. The Labute approximate surface area is 143 Å². The molecule has 4 nitrogen and oxygen atoms in total. The monoisotopic (exact) mass is 335 g/mol. The molecule has 0 saturated carbocycles. The molecule has 120 valence electrons. The van der Waals surface area contributed by atoms with Gasteiger partial charge in [-0.15, -0.1) is 5.10 Å². The summed E-state index contributed by atoms with van der Waals surface area (Å²) in [6.07, 6.45) is 13.5. The van der Waals surface area contributed by atoms with Crippen molar-refractivity contribution in [1.82, 2.24) is 14.6 Å². The zero-order chi connectivity index (χ0) is 16.4. The maximum atomic E-state index is 12.5. The lowest BCUT2D eigenvalue weighted by atomic mass is 9.94. The third kappa shape index (κ3) is 3.08. The number of benzene rings is 1. The van der Waals surface area contributed by atoms with Gasteiger partial charge in [0.15, 0.2) is 5.82 Å². The summed E-state index contributed by atoms with van der Waals surface area (Å²) < 4.78 is 2.17. The van der Waals surface area contributed by atoms with E-state index < -0.39 is 0 Å². The summed E-state index contributed by atoms with van der Waals surface area (Å²) in [6.45, 7) is 0. The van der Waals surface area contributed by atoms with Crippen molar-refractivity contribution in [2.75, 3.05) is 0 Å². The highest BCUT2D eigenvalue weighted by atomic mass is 32.1. The van der Waals surface area contributed by atoms with Gasteiger partial charge in [-0.1, -0.05) is 66.0 Å². The molecule has 1 atom stereocenters. The molecule has 0 fully saturated rings. The Kier molecular flexibility index (Phi) is 4.09. The van der Waals surface area contributed by atoms with E-state index in [4.69, 9.17) is 0 Å². The number of nitrogens with zero attached hydrogens (tertiary/aromatic N) is 3. The molecule has 0 N–H and O–H groups in total. The van der Waals surface area contributed by atoms with Crippen molar-refractivity contribution < 1.29 is 0 Å². The number of aromatic nitrogens is 3. The molecular weight excluding hydrogens is 318 g/mol. The maximum absolute atomic E-state index is 12.5. The zero-order valence-electron chi connectivity index (χ0n) is 13.1. The Morgan fingerprint density at radius 2 is 2.04 bits per heavy atom. The van der Waals surface area contributed by atoms with Gasteiger partial charge in [-0.3, -0.25) is 4.79 Å². The SMILES string of the molecule is O=c1/c(=C\C2CC=CCC2)sc2nc(/C=C/c3ccccc3)nn12. The summed E-state index contributed by atoms with van der Waals surface area (Å²) in [5.74, 6) is 1.01. The van der Waals surface area contributed by atoms with E-state index in [0.29, 0.717) is 16.7 Å². The maximum Gasteiger partial charge on any atom is 0.290 e. The summed E-state index contributed by atoms with van der Waals surface area (Å²) in [7, 11) is 0. The highest BCUT2D eigenvalue weighted by Gasteiger charge is 2.11. The molecule has 2 aromatic heterocycles. The van der Waals surface area contributed by atoms with Gasteiger partial charge in [0, 0.05) is 0 Å². The van der Waals surface area contributed by atoms with Crippen LogP contribution in [0.1, 0.15) is 30.7 Å². The highest BCUT2D eigenvalue weighted by Crippen LogP contribution is 2.19. The van der Waals surface area contributed by atoms with E-state index in [9.17, 15) is 4.79 Å². The fourth-order valence-electron chi connectivity index (χ4n) is 2.85. The van der Waals surface area contributed by atoms with Crippen LogP contribution in [0.15, 0.2) is 47.3 Å². The number of hydrogen-bond donors (Lipinski definition) is 0.